The molecule has 2 amide bonds. The molecule has 2 aromatic heterocycles. The third-order valence-corrected chi connectivity index (χ3v) is 9.49. The number of amides is 2. The van der Waals surface area contributed by atoms with Crippen LogP contribution in [0, 0.1) is 5.92 Å². The van der Waals surface area contributed by atoms with Gasteiger partial charge in [0.15, 0.2) is 16.6 Å². The van der Waals surface area contributed by atoms with Gasteiger partial charge in [-0.25, -0.2) is 13.4 Å². The normalized spacial score (nSPS) is 22.1. The summed E-state index contributed by atoms with van der Waals surface area (Å²) in [6, 6.07) is 3.28. The molecular weight excluding hydrogens is 565 g/mol. The predicted octanol–water partition coefficient (Wildman–Crippen LogP) is 3.69. The molecule has 0 unspecified atom stereocenters. The highest BCUT2D eigenvalue weighted by Gasteiger charge is 2.39. The number of carbonyl (C=O) groups is 3. The number of alkyl halides is 3. The van der Waals surface area contributed by atoms with E-state index in [-0.39, 0.29) is 30.2 Å². The van der Waals surface area contributed by atoms with E-state index < -0.39 is 70.0 Å². The molecular formula is C27H33F3N4O6S. The fourth-order valence-corrected chi connectivity index (χ4v) is 6.89. The molecule has 3 heterocycles. The van der Waals surface area contributed by atoms with Crippen LogP contribution in [0.2, 0.25) is 0 Å². The van der Waals surface area contributed by atoms with Gasteiger partial charge in [-0.15, -0.1) is 0 Å². The van der Waals surface area contributed by atoms with Crippen molar-refractivity contribution in [3.05, 3.63) is 48.0 Å². The minimum absolute atomic E-state index is 0.103. The Bertz CT molecular complexity index is 1340. The summed E-state index contributed by atoms with van der Waals surface area (Å²) in [5.41, 5.74) is 0. The largest absolute Gasteiger partial charge is 0.449 e. The summed E-state index contributed by atoms with van der Waals surface area (Å²) in [6.07, 6.45) is 1.88. The molecule has 1 aliphatic carbocycles. The lowest BCUT2D eigenvalue weighted by atomic mass is 9.84. The van der Waals surface area contributed by atoms with Crippen molar-refractivity contribution in [3.63, 3.8) is 0 Å². The van der Waals surface area contributed by atoms with Gasteiger partial charge in [-0.3, -0.25) is 14.4 Å². The summed E-state index contributed by atoms with van der Waals surface area (Å²) in [5.74, 6) is -3.99. The van der Waals surface area contributed by atoms with Crippen LogP contribution in [0.3, 0.4) is 0 Å². The van der Waals surface area contributed by atoms with Crippen LogP contribution in [0.1, 0.15) is 74.6 Å². The molecule has 3 atom stereocenters. The van der Waals surface area contributed by atoms with Crippen molar-refractivity contribution in [1.29, 1.82) is 0 Å². The first kappa shape index (κ1) is 30.7. The van der Waals surface area contributed by atoms with Crippen molar-refractivity contribution >= 4 is 27.6 Å². The van der Waals surface area contributed by atoms with Gasteiger partial charge in [0.05, 0.1) is 12.6 Å². The molecule has 2 fully saturated rings. The molecule has 0 radical (unpaired) electrons. The first-order chi connectivity index (χ1) is 19.4. The Hall–Kier alpha value is -3.26. The van der Waals surface area contributed by atoms with Crippen LogP contribution in [0.15, 0.2) is 46.0 Å². The van der Waals surface area contributed by atoms with E-state index in [2.05, 4.69) is 20.0 Å². The minimum Gasteiger partial charge on any atom is -0.446 e. The highest BCUT2D eigenvalue weighted by atomic mass is 32.2. The number of nitrogens with zero attached hydrogens (tertiary/aromatic N) is 2. The summed E-state index contributed by atoms with van der Waals surface area (Å²) in [4.78, 5) is 43.3. The molecule has 1 aliphatic heterocycles. The van der Waals surface area contributed by atoms with Crippen LogP contribution < -0.4 is 10.6 Å². The topological polar surface area (TPSA) is 139 Å². The highest BCUT2D eigenvalue weighted by Crippen LogP contribution is 2.31. The van der Waals surface area contributed by atoms with Gasteiger partial charge in [0.25, 0.3) is 15.9 Å². The smallest absolute Gasteiger partial charge is 0.446 e. The first-order valence-corrected chi connectivity index (χ1v) is 15.0. The third-order valence-electron chi connectivity index (χ3n) is 7.62. The molecule has 0 bridgehead atoms. The summed E-state index contributed by atoms with van der Waals surface area (Å²) < 4.78 is 70.9. The highest BCUT2D eigenvalue weighted by molar-refractivity contribution is 7.89. The lowest BCUT2D eigenvalue weighted by Gasteiger charge is -2.27. The van der Waals surface area contributed by atoms with Gasteiger partial charge in [-0.05, 0) is 56.4 Å². The SMILES string of the molecule is C[C@@H]1CC[C@H](NC(=O)[C@H](CC2CCCCC2)NC(=O)c2ccc(C(F)(F)F)o2)C(=O)CN1S(=O)(=O)c1ccccn1. The number of hydrogen-bond donors (Lipinski definition) is 2. The Balaban J connectivity index is 1.48. The zero-order valence-electron chi connectivity index (χ0n) is 22.5. The van der Waals surface area contributed by atoms with Crippen molar-refractivity contribution in [2.45, 2.75) is 87.6 Å². The molecule has 2 N–H and O–H groups in total. The number of carbonyl (C=O) groups excluding carboxylic acids is 3. The number of Topliss-reactive ketones (excluding diaryl/α,β-unsaturated/α-hetero) is 1. The third kappa shape index (κ3) is 7.53. The van der Waals surface area contributed by atoms with Crippen LogP contribution >= 0.6 is 0 Å². The quantitative estimate of drug-likeness (QED) is 0.473. The average molecular weight is 599 g/mol. The molecule has 1 saturated heterocycles. The fourth-order valence-electron chi connectivity index (χ4n) is 5.33. The molecule has 4 rings (SSSR count). The van der Waals surface area contributed by atoms with E-state index in [1.807, 2.05) is 0 Å². The van der Waals surface area contributed by atoms with Gasteiger partial charge in [0, 0.05) is 12.2 Å². The van der Waals surface area contributed by atoms with Crippen LogP contribution in [0.4, 0.5) is 13.2 Å². The second-order valence-electron chi connectivity index (χ2n) is 10.6. The van der Waals surface area contributed by atoms with E-state index >= 15 is 0 Å². The maximum absolute atomic E-state index is 13.4. The van der Waals surface area contributed by atoms with Crippen molar-refractivity contribution in [2.24, 2.45) is 5.92 Å². The molecule has 14 heteroatoms. The lowest BCUT2D eigenvalue weighted by molar-refractivity contribution is -0.153. The average Bonchev–Trinajstić information content (AvgIpc) is 3.41. The number of rotatable bonds is 8. The van der Waals surface area contributed by atoms with Gasteiger partial charge in [-0.2, -0.15) is 17.5 Å². The zero-order chi connectivity index (χ0) is 29.8. The minimum atomic E-state index is -4.77. The maximum Gasteiger partial charge on any atom is 0.449 e. The standard InChI is InChI=1S/C27H33F3N4O6S/c1-17-10-11-19(21(35)16-34(17)41(38,39)24-9-5-6-14-31-24)32-25(36)20(15-18-7-3-2-4-8-18)33-26(37)22-12-13-23(40-22)27(28,29)30/h5-6,9,12-14,17-20H,2-4,7-8,10-11,15-16H2,1H3,(H,32,36)(H,33,37)/t17-,19+,20+/m1/s1. The Labute approximate surface area is 236 Å². The number of sulfonamides is 1. The van der Waals surface area contributed by atoms with Crippen LogP contribution in [0.25, 0.3) is 0 Å². The lowest BCUT2D eigenvalue weighted by Crippen LogP contribution is -2.53. The Morgan fingerprint density at radius 3 is 2.46 bits per heavy atom. The molecule has 0 spiro atoms. The molecule has 0 aromatic carbocycles. The van der Waals surface area contributed by atoms with E-state index in [1.165, 1.54) is 18.3 Å². The number of ketones is 1. The summed E-state index contributed by atoms with van der Waals surface area (Å²) in [7, 11) is -4.07. The summed E-state index contributed by atoms with van der Waals surface area (Å²) in [5, 5.41) is 4.97. The van der Waals surface area contributed by atoms with E-state index in [1.54, 1.807) is 13.0 Å². The molecule has 224 valence electrons. The van der Waals surface area contributed by atoms with E-state index in [0.29, 0.717) is 6.07 Å². The molecule has 10 nitrogen and oxygen atoms in total. The van der Waals surface area contributed by atoms with Crippen molar-refractivity contribution in [1.82, 2.24) is 19.9 Å². The summed E-state index contributed by atoms with van der Waals surface area (Å²) in [6.45, 7) is 1.19. The Morgan fingerprint density at radius 2 is 1.83 bits per heavy atom. The molecule has 2 aliphatic rings. The second kappa shape index (κ2) is 12.7. The number of nitrogens with one attached hydrogen (secondary N) is 2. The van der Waals surface area contributed by atoms with Gasteiger partial charge in [0.2, 0.25) is 11.7 Å². The van der Waals surface area contributed by atoms with Crippen LogP contribution in [-0.2, 0) is 25.8 Å². The number of halogens is 3. The van der Waals surface area contributed by atoms with E-state index in [4.69, 9.17) is 0 Å². The Kier molecular flexibility index (Phi) is 9.52. The van der Waals surface area contributed by atoms with Gasteiger partial charge >= 0.3 is 6.18 Å². The monoisotopic (exact) mass is 598 g/mol. The number of hydrogen-bond acceptors (Lipinski definition) is 7. The maximum atomic E-state index is 13.4. The second-order valence-corrected chi connectivity index (χ2v) is 12.4. The number of pyridine rings is 1. The number of furan rings is 1. The zero-order valence-corrected chi connectivity index (χ0v) is 23.3. The van der Waals surface area contributed by atoms with Crippen molar-refractivity contribution < 1.29 is 40.4 Å². The molecule has 41 heavy (non-hydrogen) atoms. The van der Waals surface area contributed by atoms with Crippen LogP contribution in [0.5, 0.6) is 0 Å². The van der Waals surface area contributed by atoms with E-state index in [9.17, 15) is 36.0 Å². The first-order valence-electron chi connectivity index (χ1n) is 13.6. The van der Waals surface area contributed by atoms with Crippen molar-refractivity contribution in [2.75, 3.05) is 6.54 Å². The molecule has 2 aromatic rings. The predicted molar refractivity (Wildman–Crippen MR) is 140 cm³/mol. The van der Waals surface area contributed by atoms with Crippen molar-refractivity contribution in [3.8, 4) is 0 Å². The van der Waals surface area contributed by atoms with Gasteiger partial charge < -0.3 is 15.1 Å². The van der Waals surface area contributed by atoms with Gasteiger partial charge in [-0.1, -0.05) is 38.2 Å². The molecule has 1 saturated carbocycles. The van der Waals surface area contributed by atoms with Crippen LogP contribution in [-0.4, -0.2) is 60.0 Å². The fraction of sp³-hybridized carbons (Fsp3) is 0.556. The summed E-state index contributed by atoms with van der Waals surface area (Å²) >= 11 is 0. The van der Waals surface area contributed by atoms with E-state index in [0.717, 1.165) is 42.5 Å². The van der Waals surface area contributed by atoms with Gasteiger partial charge in [0.1, 0.15) is 6.04 Å². The Morgan fingerprint density at radius 1 is 1.10 bits per heavy atom. The number of aromatic nitrogens is 1.